The van der Waals surface area contributed by atoms with Gasteiger partial charge in [0.2, 0.25) is 0 Å². The van der Waals surface area contributed by atoms with Crippen LogP contribution >= 0.6 is 0 Å². The standard InChI is InChI=1S/C14H30N2/c1-5-11(3)8-14(6-2,10-15)16-9-13-7-12(13)4/h11-13,16H,5-10,15H2,1-4H3. The van der Waals surface area contributed by atoms with Crippen LogP contribution in [0.15, 0.2) is 0 Å². The van der Waals surface area contributed by atoms with Crippen molar-refractivity contribution < 1.29 is 0 Å². The molecule has 4 unspecified atom stereocenters. The first-order valence-electron chi connectivity index (χ1n) is 7.02. The van der Waals surface area contributed by atoms with Crippen molar-refractivity contribution in [3.05, 3.63) is 0 Å². The molecule has 0 amide bonds. The van der Waals surface area contributed by atoms with Crippen molar-refractivity contribution >= 4 is 0 Å². The highest BCUT2D eigenvalue weighted by Crippen LogP contribution is 2.37. The maximum absolute atomic E-state index is 6.00. The molecular formula is C14H30N2. The molecule has 1 aliphatic rings. The Bertz CT molecular complexity index is 199. The highest BCUT2D eigenvalue weighted by molar-refractivity contribution is 4.93. The van der Waals surface area contributed by atoms with Crippen molar-refractivity contribution in [3.63, 3.8) is 0 Å². The summed E-state index contributed by atoms with van der Waals surface area (Å²) in [4.78, 5) is 0. The van der Waals surface area contributed by atoms with E-state index in [4.69, 9.17) is 5.73 Å². The first-order valence-corrected chi connectivity index (χ1v) is 7.02. The molecular weight excluding hydrogens is 196 g/mol. The van der Waals surface area contributed by atoms with E-state index in [2.05, 4.69) is 33.0 Å². The van der Waals surface area contributed by atoms with E-state index in [0.29, 0.717) is 0 Å². The summed E-state index contributed by atoms with van der Waals surface area (Å²) in [6.45, 7) is 11.2. The van der Waals surface area contributed by atoms with Crippen molar-refractivity contribution in [2.24, 2.45) is 23.5 Å². The molecule has 1 saturated carbocycles. The predicted octanol–water partition coefficient (Wildman–Crippen LogP) is 2.78. The van der Waals surface area contributed by atoms with E-state index in [0.717, 1.165) is 30.7 Å². The first kappa shape index (κ1) is 14.0. The molecule has 0 heterocycles. The van der Waals surface area contributed by atoms with Gasteiger partial charge in [0.1, 0.15) is 0 Å². The van der Waals surface area contributed by atoms with Crippen LogP contribution in [0.2, 0.25) is 0 Å². The van der Waals surface area contributed by atoms with E-state index in [9.17, 15) is 0 Å². The molecule has 0 aliphatic heterocycles. The molecule has 0 aromatic heterocycles. The van der Waals surface area contributed by atoms with Gasteiger partial charge in [-0.2, -0.15) is 0 Å². The molecule has 2 heteroatoms. The van der Waals surface area contributed by atoms with Gasteiger partial charge in [-0.1, -0.05) is 34.1 Å². The van der Waals surface area contributed by atoms with Gasteiger partial charge in [-0.05, 0) is 43.6 Å². The maximum atomic E-state index is 6.00. The van der Waals surface area contributed by atoms with Crippen molar-refractivity contribution in [2.45, 2.75) is 58.9 Å². The molecule has 1 rings (SSSR count). The van der Waals surface area contributed by atoms with Gasteiger partial charge >= 0.3 is 0 Å². The molecule has 0 aromatic carbocycles. The highest BCUT2D eigenvalue weighted by Gasteiger charge is 2.35. The lowest BCUT2D eigenvalue weighted by molar-refractivity contribution is 0.250. The molecule has 4 atom stereocenters. The molecule has 3 N–H and O–H groups in total. The summed E-state index contributed by atoms with van der Waals surface area (Å²) in [5, 5.41) is 3.77. The van der Waals surface area contributed by atoms with Crippen LogP contribution in [-0.2, 0) is 0 Å². The average molecular weight is 226 g/mol. The third-order valence-electron chi connectivity index (χ3n) is 4.52. The van der Waals surface area contributed by atoms with Crippen molar-refractivity contribution in [1.29, 1.82) is 0 Å². The number of nitrogens with two attached hydrogens (primary N) is 1. The van der Waals surface area contributed by atoms with Crippen LogP contribution in [0.1, 0.15) is 53.4 Å². The van der Waals surface area contributed by atoms with Crippen LogP contribution in [0, 0.1) is 17.8 Å². The third kappa shape index (κ3) is 3.74. The summed E-state index contributed by atoms with van der Waals surface area (Å²) in [5.74, 6) is 2.62. The van der Waals surface area contributed by atoms with Gasteiger partial charge in [-0.25, -0.2) is 0 Å². The largest absolute Gasteiger partial charge is 0.329 e. The molecule has 0 aromatic rings. The van der Waals surface area contributed by atoms with Gasteiger partial charge in [0, 0.05) is 12.1 Å². The number of nitrogens with one attached hydrogen (secondary N) is 1. The predicted molar refractivity (Wildman–Crippen MR) is 71.4 cm³/mol. The van der Waals surface area contributed by atoms with Crippen LogP contribution in [0.4, 0.5) is 0 Å². The lowest BCUT2D eigenvalue weighted by atomic mass is 9.84. The van der Waals surface area contributed by atoms with E-state index in [1.54, 1.807) is 0 Å². The average Bonchev–Trinajstić information content (AvgIpc) is 3.00. The number of rotatable bonds is 8. The van der Waals surface area contributed by atoms with E-state index in [-0.39, 0.29) is 5.54 Å². The molecule has 1 aliphatic carbocycles. The molecule has 0 saturated heterocycles. The molecule has 0 bridgehead atoms. The second kappa shape index (κ2) is 6.02. The van der Waals surface area contributed by atoms with Crippen LogP contribution in [-0.4, -0.2) is 18.6 Å². The Kier molecular flexibility index (Phi) is 5.26. The number of hydrogen-bond acceptors (Lipinski definition) is 2. The van der Waals surface area contributed by atoms with Crippen LogP contribution in [0.25, 0.3) is 0 Å². The minimum atomic E-state index is 0.192. The second-order valence-electron chi connectivity index (χ2n) is 5.91. The van der Waals surface area contributed by atoms with Crippen LogP contribution in [0.3, 0.4) is 0 Å². The van der Waals surface area contributed by atoms with Gasteiger partial charge in [0.15, 0.2) is 0 Å². The smallest absolute Gasteiger partial charge is 0.0304 e. The maximum Gasteiger partial charge on any atom is 0.0304 e. The molecule has 1 fully saturated rings. The van der Waals surface area contributed by atoms with Crippen LogP contribution in [0.5, 0.6) is 0 Å². The monoisotopic (exact) mass is 226 g/mol. The third-order valence-corrected chi connectivity index (χ3v) is 4.52. The summed E-state index contributed by atoms with van der Waals surface area (Å²) < 4.78 is 0. The summed E-state index contributed by atoms with van der Waals surface area (Å²) in [6.07, 6.45) is 5.02. The summed E-state index contributed by atoms with van der Waals surface area (Å²) >= 11 is 0. The zero-order chi connectivity index (χ0) is 12.2. The zero-order valence-corrected chi connectivity index (χ0v) is 11.6. The van der Waals surface area contributed by atoms with E-state index in [1.807, 2.05) is 0 Å². The Morgan fingerprint density at radius 2 is 2.06 bits per heavy atom. The van der Waals surface area contributed by atoms with Gasteiger partial charge in [-0.15, -0.1) is 0 Å². The second-order valence-corrected chi connectivity index (χ2v) is 5.91. The van der Waals surface area contributed by atoms with Gasteiger partial charge < -0.3 is 11.1 Å². The number of hydrogen-bond donors (Lipinski definition) is 2. The minimum absolute atomic E-state index is 0.192. The highest BCUT2D eigenvalue weighted by atomic mass is 15.0. The Balaban J connectivity index is 2.42. The lowest BCUT2D eigenvalue weighted by Gasteiger charge is -2.35. The Hall–Kier alpha value is -0.0800. The summed E-state index contributed by atoms with van der Waals surface area (Å²) in [7, 11) is 0. The summed E-state index contributed by atoms with van der Waals surface area (Å²) in [6, 6.07) is 0. The SMILES string of the molecule is CCC(C)CC(CC)(CN)NCC1CC1C. The first-order chi connectivity index (χ1) is 7.56. The fourth-order valence-electron chi connectivity index (χ4n) is 2.48. The fourth-order valence-corrected chi connectivity index (χ4v) is 2.48. The van der Waals surface area contributed by atoms with Gasteiger partial charge in [0.05, 0.1) is 0 Å². The molecule has 96 valence electrons. The van der Waals surface area contributed by atoms with Crippen LogP contribution < -0.4 is 11.1 Å². The summed E-state index contributed by atoms with van der Waals surface area (Å²) in [5.41, 5.74) is 6.19. The lowest BCUT2D eigenvalue weighted by Crippen LogP contribution is -2.52. The normalized spacial score (nSPS) is 29.8. The zero-order valence-electron chi connectivity index (χ0n) is 11.6. The molecule has 16 heavy (non-hydrogen) atoms. The topological polar surface area (TPSA) is 38.0 Å². The van der Waals surface area contributed by atoms with E-state index < -0.39 is 0 Å². The Morgan fingerprint density at radius 3 is 2.44 bits per heavy atom. The molecule has 0 spiro atoms. The van der Waals surface area contributed by atoms with E-state index >= 15 is 0 Å². The van der Waals surface area contributed by atoms with Crippen molar-refractivity contribution in [1.82, 2.24) is 5.32 Å². The quantitative estimate of drug-likeness (QED) is 0.668. The Labute approximate surface area is 101 Å². The minimum Gasteiger partial charge on any atom is -0.329 e. The molecule has 0 radical (unpaired) electrons. The van der Waals surface area contributed by atoms with Crippen molar-refractivity contribution in [3.8, 4) is 0 Å². The Morgan fingerprint density at radius 1 is 1.44 bits per heavy atom. The van der Waals surface area contributed by atoms with E-state index in [1.165, 1.54) is 25.8 Å². The van der Waals surface area contributed by atoms with Gasteiger partial charge in [0.25, 0.3) is 0 Å². The van der Waals surface area contributed by atoms with Crippen molar-refractivity contribution in [2.75, 3.05) is 13.1 Å². The fraction of sp³-hybridized carbons (Fsp3) is 1.00. The molecule has 2 nitrogen and oxygen atoms in total. The van der Waals surface area contributed by atoms with Gasteiger partial charge in [-0.3, -0.25) is 0 Å².